The van der Waals surface area contributed by atoms with E-state index in [0.717, 1.165) is 24.5 Å². The van der Waals surface area contributed by atoms with Crippen LogP contribution in [0.15, 0.2) is 12.1 Å². The van der Waals surface area contributed by atoms with Crippen LogP contribution in [0.25, 0.3) is 0 Å². The van der Waals surface area contributed by atoms with Crippen LogP contribution in [0.5, 0.6) is 5.75 Å². The molecule has 0 radical (unpaired) electrons. The third kappa shape index (κ3) is 3.08. The Hall–Kier alpha value is -0.830. The number of nitrogens with zero attached hydrogens (tertiary/aromatic N) is 1. The molecule has 0 saturated heterocycles. The summed E-state index contributed by atoms with van der Waals surface area (Å²) in [5.41, 5.74) is 3.71. The molecule has 2 nitrogen and oxygen atoms in total. The first kappa shape index (κ1) is 13.2. The Morgan fingerprint density at radius 1 is 1.25 bits per heavy atom. The van der Waals surface area contributed by atoms with E-state index in [0.29, 0.717) is 0 Å². The molecule has 0 fully saturated rings. The molecule has 0 unspecified atom stereocenters. The molecule has 1 rings (SSSR count). The standard InChI is InChI=1S/C13H21NOS/c1-10-9-13(15-4)11(2)8-12(10)14(3)6-5-7-16/h8-9,16H,5-7H2,1-4H3. The highest BCUT2D eigenvalue weighted by atomic mass is 32.1. The van der Waals surface area contributed by atoms with Gasteiger partial charge in [-0.25, -0.2) is 0 Å². The molecule has 3 heteroatoms. The van der Waals surface area contributed by atoms with Crippen LogP contribution >= 0.6 is 12.6 Å². The molecule has 0 N–H and O–H groups in total. The van der Waals surface area contributed by atoms with Crippen molar-refractivity contribution in [2.45, 2.75) is 20.3 Å². The van der Waals surface area contributed by atoms with E-state index in [1.54, 1.807) is 7.11 Å². The second-order valence-electron chi connectivity index (χ2n) is 4.11. The van der Waals surface area contributed by atoms with E-state index in [1.165, 1.54) is 16.8 Å². The van der Waals surface area contributed by atoms with Crippen molar-refractivity contribution in [1.82, 2.24) is 0 Å². The lowest BCUT2D eigenvalue weighted by Crippen LogP contribution is -2.20. The maximum absolute atomic E-state index is 5.31. The Morgan fingerprint density at radius 3 is 2.50 bits per heavy atom. The average molecular weight is 239 g/mol. The largest absolute Gasteiger partial charge is 0.496 e. The number of hydrogen-bond donors (Lipinski definition) is 1. The minimum atomic E-state index is 0.929. The van der Waals surface area contributed by atoms with Gasteiger partial charge in [0.1, 0.15) is 5.75 Å². The molecular weight excluding hydrogens is 218 g/mol. The van der Waals surface area contributed by atoms with Crippen LogP contribution in [0.4, 0.5) is 5.69 Å². The van der Waals surface area contributed by atoms with Gasteiger partial charge in [0, 0.05) is 19.3 Å². The van der Waals surface area contributed by atoms with Crippen molar-refractivity contribution in [2.24, 2.45) is 0 Å². The molecular formula is C13H21NOS. The van der Waals surface area contributed by atoms with E-state index in [1.807, 2.05) is 0 Å². The topological polar surface area (TPSA) is 12.5 Å². The van der Waals surface area contributed by atoms with Gasteiger partial charge in [0.05, 0.1) is 7.11 Å². The van der Waals surface area contributed by atoms with Gasteiger partial charge in [-0.3, -0.25) is 0 Å². The van der Waals surface area contributed by atoms with E-state index < -0.39 is 0 Å². The number of anilines is 1. The van der Waals surface area contributed by atoms with Gasteiger partial charge >= 0.3 is 0 Å². The van der Waals surface area contributed by atoms with Crippen molar-refractivity contribution in [3.8, 4) is 5.75 Å². The number of aryl methyl sites for hydroxylation is 2. The smallest absolute Gasteiger partial charge is 0.122 e. The third-order valence-corrected chi connectivity index (χ3v) is 3.09. The highest BCUT2D eigenvalue weighted by Crippen LogP contribution is 2.28. The number of thiol groups is 1. The first-order valence-electron chi connectivity index (χ1n) is 5.57. The zero-order chi connectivity index (χ0) is 12.1. The van der Waals surface area contributed by atoms with Gasteiger partial charge in [0.15, 0.2) is 0 Å². The zero-order valence-electron chi connectivity index (χ0n) is 10.6. The number of ether oxygens (including phenoxy) is 1. The summed E-state index contributed by atoms with van der Waals surface area (Å²) in [5, 5.41) is 0. The van der Waals surface area contributed by atoms with Crippen molar-refractivity contribution in [1.29, 1.82) is 0 Å². The van der Waals surface area contributed by atoms with Crippen LogP contribution < -0.4 is 9.64 Å². The summed E-state index contributed by atoms with van der Waals surface area (Å²) < 4.78 is 5.31. The molecule has 0 saturated carbocycles. The third-order valence-electron chi connectivity index (χ3n) is 2.78. The van der Waals surface area contributed by atoms with Gasteiger partial charge in [-0.05, 0) is 49.3 Å². The second-order valence-corrected chi connectivity index (χ2v) is 4.55. The van der Waals surface area contributed by atoms with E-state index in [-0.39, 0.29) is 0 Å². The minimum absolute atomic E-state index is 0.929. The lowest BCUT2D eigenvalue weighted by Gasteiger charge is -2.22. The van der Waals surface area contributed by atoms with Gasteiger partial charge in [0.2, 0.25) is 0 Å². The lowest BCUT2D eigenvalue weighted by molar-refractivity contribution is 0.411. The van der Waals surface area contributed by atoms with E-state index in [4.69, 9.17) is 4.74 Å². The molecule has 0 heterocycles. The summed E-state index contributed by atoms with van der Waals surface area (Å²) in [7, 11) is 3.84. The summed E-state index contributed by atoms with van der Waals surface area (Å²) >= 11 is 4.24. The predicted molar refractivity (Wildman–Crippen MR) is 74.2 cm³/mol. The van der Waals surface area contributed by atoms with Gasteiger partial charge in [-0.15, -0.1) is 0 Å². The van der Waals surface area contributed by atoms with E-state index in [2.05, 4.69) is 50.6 Å². The fourth-order valence-corrected chi connectivity index (χ4v) is 1.98. The monoisotopic (exact) mass is 239 g/mol. The molecule has 0 amide bonds. The SMILES string of the molecule is COc1cc(C)c(N(C)CCCS)cc1C. The quantitative estimate of drug-likeness (QED) is 0.793. The molecule has 0 bridgehead atoms. The number of hydrogen-bond acceptors (Lipinski definition) is 3. The van der Waals surface area contributed by atoms with Crippen molar-refractivity contribution in [2.75, 3.05) is 31.4 Å². The molecule has 1 aromatic rings. The fourth-order valence-electron chi connectivity index (χ4n) is 1.83. The maximum atomic E-state index is 5.31. The van der Waals surface area contributed by atoms with Gasteiger partial charge < -0.3 is 9.64 Å². The molecule has 0 aliphatic heterocycles. The highest BCUT2D eigenvalue weighted by Gasteiger charge is 2.08. The van der Waals surface area contributed by atoms with Crippen molar-refractivity contribution in [3.63, 3.8) is 0 Å². The van der Waals surface area contributed by atoms with Gasteiger partial charge in [-0.1, -0.05) is 0 Å². The molecule has 0 aromatic heterocycles. The van der Waals surface area contributed by atoms with Crippen molar-refractivity contribution >= 4 is 18.3 Å². The van der Waals surface area contributed by atoms with Crippen LogP contribution in [0.2, 0.25) is 0 Å². The summed E-state index contributed by atoms with van der Waals surface area (Å²) in [6.45, 7) is 5.23. The summed E-state index contributed by atoms with van der Waals surface area (Å²) in [6.07, 6.45) is 1.10. The molecule has 0 atom stereocenters. The highest BCUT2D eigenvalue weighted by molar-refractivity contribution is 7.80. The Bertz CT molecular complexity index is 352. The summed E-state index contributed by atoms with van der Waals surface area (Å²) in [4.78, 5) is 2.28. The van der Waals surface area contributed by atoms with Crippen LogP contribution in [-0.2, 0) is 0 Å². The van der Waals surface area contributed by atoms with Crippen LogP contribution in [-0.4, -0.2) is 26.5 Å². The maximum Gasteiger partial charge on any atom is 0.122 e. The first-order valence-corrected chi connectivity index (χ1v) is 6.20. The normalized spacial score (nSPS) is 10.3. The summed E-state index contributed by atoms with van der Waals surface area (Å²) in [5.74, 6) is 1.89. The second kappa shape index (κ2) is 6.04. The molecule has 90 valence electrons. The molecule has 0 spiro atoms. The van der Waals surface area contributed by atoms with Crippen LogP contribution in [0, 0.1) is 13.8 Å². The average Bonchev–Trinajstić information content (AvgIpc) is 2.28. The Morgan fingerprint density at radius 2 is 1.94 bits per heavy atom. The Balaban J connectivity index is 2.92. The molecule has 1 aromatic carbocycles. The van der Waals surface area contributed by atoms with Gasteiger partial charge in [0.25, 0.3) is 0 Å². The number of rotatable bonds is 5. The van der Waals surface area contributed by atoms with E-state index in [9.17, 15) is 0 Å². The summed E-state index contributed by atoms with van der Waals surface area (Å²) in [6, 6.07) is 4.29. The van der Waals surface area contributed by atoms with Gasteiger partial charge in [-0.2, -0.15) is 12.6 Å². The number of methoxy groups -OCH3 is 1. The fraction of sp³-hybridized carbons (Fsp3) is 0.538. The Kier molecular flexibility index (Phi) is 5.00. The number of benzene rings is 1. The van der Waals surface area contributed by atoms with Crippen molar-refractivity contribution in [3.05, 3.63) is 23.3 Å². The lowest BCUT2D eigenvalue weighted by atomic mass is 10.1. The molecule has 0 aliphatic carbocycles. The minimum Gasteiger partial charge on any atom is -0.496 e. The zero-order valence-corrected chi connectivity index (χ0v) is 11.5. The first-order chi connectivity index (χ1) is 7.60. The van der Waals surface area contributed by atoms with Crippen LogP contribution in [0.3, 0.4) is 0 Å². The molecule has 16 heavy (non-hydrogen) atoms. The Labute approximate surface area is 104 Å². The van der Waals surface area contributed by atoms with Crippen molar-refractivity contribution < 1.29 is 4.74 Å². The van der Waals surface area contributed by atoms with E-state index >= 15 is 0 Å². The predicted octanol–water partition coefficient (Wildman–Crippen LogP) is 3.07. The molecule has 0 aliphatic rings. The van der Waals surface area contributed by atoms with Crippen LogP contribution in [0.1, 0.15) is 17.5 Å².